The highest BCUT2D eigenvalue weighted by atomic mass is 32.1. The monoisotopic (exact) mass is 373 g/mol. The number of nitriles is 1. The number of piperazine rings is 1. The van der Waals surface area contributed by atoms with E-state index in [9.17, 15) is 14.9 Å². The Morgan fingerprint density at radius 2 is 2.00 bits per heavy atom. The van der Waals surface area contributed by atoms with E-state index in [0.717, 1.165) is 5.56 Å². The first-order valence-electron chi connectivity index (χ1n) is 8.36. The van der Waals surface area contributed by atoms with Crippen molar-refractivity contribution < 1.29 is 19.1 Å². The zero-order chi connectivity index (χ0) is 18.9. The molecule has 4 atom stereocenters. The average Bonchev–Trinajstić information content (AvgIpc) is 3.18. The topological polar surface area (TPSA) is 82.9 Å². The summed E-state index contributed by atoms with van der Waals surface area (Å²) in [4.78, 5) is 27.6. The number of hydrogen-bond donors (Lipinski definition) is 1. The van der Waals surface area contributed by atoms with Crippen LogP contribution in [0.25, 0.3) is 0 Å². The van der Waals surface area contributed by atoms with Crippen molar-refractivity contribution in [2.45, 2.75) is 37.2 Å². The largest absolute Gasteiger partial charge is 0.454 e. The summed E-state index contributed by atoms with van der Waals surface area (Å²) < 4.78 is 10.8. The van der Waals surface area contributed by atoms with Crippen molar-refractivity contribution in [3.8, 4) is 17.6 Å². The maximum atomic E-state index is 13.1. The summed E-state index contributed by atoms with van der Waals surface area (Å²) in [6, 6.07) is 6.47. The molecule has 0 aliphatic carbocycles. The lowest BCUT2D eigenvalue weighted by Gasteiger charge is -2.46. The quantitative estimate of drug-likeness (QED) is 0.758. The Kier molecular flexibility index (Phi) is 3.47. The number of fused-ring (bicyclic) bond motifs is 2. The number of carbonyl (C=O) groups is 2. The maximum Gasteiger partial charge on any atom is 0.259 e. The van der Waals surface area contributed by atoms with Gasteiger partial charge in [-0.1, -0.05) is 6.07 Å². The molecule has 0 radical (unpaired) electrons. The Bertz CT molecular complexity index is 868. The Morgan fingerprint density at radius 1 is 1.31 bits per heavy atom. The minimum absolute atomic E-state index is 0.137. The molecule has 0 saturated carbocycles. The van der Waals surface area contributed by atoms with E-state index in [1.807, 2.05) is 6.07 Å². The fraction of sp³-hybridized carbons (Fsp3) is 0.500. The van der Waals surface area contributed by atoms with Gasteiger partial charge in [-0.05, 0) is 31.5 Å². The van der Waals surface area contributed by atoms with Crippen molar-refractivity contribution in [3.63, 3.8) is 0 Å². The van der Waals surface area contributed by atoms with Crippen LogP contribution in [0.1, 0.15) is 31.9 Å². The van der Waals surface area contributed by atoms with E-state index in [1.54, 1.807) is 33.0 Å². The molecule has 0 bridgehead atoms. The van der Waals surface area contributed by atoms with Crippen LogP contribution >= 0.6 is 12.6 Å². The Hall–Kier alpha value is -2.40. The van der Waals surface area contributed by atoms with Crippen LogP contribution in [0.15, 0.2) is 18.2 Å². The molecule has 4 unspecified atom stereocenters. The van der Waals surface area contributed by atoms with Crippen LogP contribution in [0.5, 0.6) is 11.5 Å². The average molecular weight is 373 g/mol. The molecule has 2 amide bonds. The van der Waals surface area contributed by atoms with E-state index in [2.05, 4.69) is 18.7 Å². The highest BCUT2D eigenvalue weighted by Gasteiger charge is 2.66. The molecule has 7 nitrogen and oxygen atoms in total. The number of rotatable bonds is 1. The van der Waals surface area contributed by atoms with Crippen LogP contribution in [0, 0.1) is 16.7 Å². The van der Waals surface area contributed by atoms with E-state index in [0.29, 0.717) is 11.5 Å². The minimum atomic E-state index is -1.34. The molecule has 0 aromatic heterocycles. The highest BCUT2D eigenvalue weighted by molar-refractivity contribution is 7.82. The van der Waals surface area contributed by atoms with Gasteiger partial charge in [0.1, 0.15) is 6.04 Å². The van der Waals surface area contributed by atoms with Gasteiger partial charge in [-0.15, -0.1) is 12.6 Å². The molecule has 136 valence electrons. The molecule has 2 fully saturated rings. The third-order valence-electron chi connectivity index (χ3n) is 5.68. The molecule has 26 heavy (non-hydrogen) atoms. The van der Waals surface area contributed by atoms with Crippen LogP contribution in [0.3, 0.4) is 0 Å². The van der Waals surface area contributed by atoms with Gasteiger partial charge in [-0.2, -0.15) is 5.26 Å². The van der Waals surface area contributed by atoms with E-state index in [-0.39, 0.29) is 25.0 Å². The molecule has 3 aliphatic heterocycles. The van der Waals surface area contributed by atoms with Gasteiger partial charge in [0.15, 0.2) is 16.4 Å². The molecule has 3 aliphatic rings. The summed E-state index contributed by atoms with van der Waals surface area (Å²) in [5.41, 5.74) is -0.238. The van der Waals surface area contributed by atoms with Crippen LogP contribution < -0.4 is 9.47 Å². The number of amides is 2. The molecule has 4 rings (SSSR count). The number of benzene rings is 1. The SMILES string of the molecule is CC1C(=O)N2C(c3ccc4c(c3)OCO4)C(C)(C#N)CC2(S)C(=O)N1C. The third-order valence-corrected chi connectivity index (χ3v) is 6.25. The predicted octanol–water partition coefficient (Wildman–Crippen LogP) is 1.71. The van der Waals surface area contributed by atoms with Crippen molar-refractivity contribution >= 4 is 24.4 Å². The summed E-state index contributed by atoms with van der Waals surface area (Å²) in [6.45, 7) is 3.59. The second-order valence-electron chi connectivity index (χ2n) is 7.34. The van der Waals surface area contributed by atoms with Gasteiger partial charge in [0.25, 0.3) is 5.91 Å². The molecule has 2 saturated heterocycles. The summed E-state index contributed by atoms with van der Waals surface area (Å²) in [6.07, 6.45) is 0.153. The molecule has 3 heterocycles. The fourth-order valence-corrected chi connectivity index (χ4v) is 4.91. The third kappa shape index (κ3) is 2.01. The summed E-state index contributed by atoms with van der Waals surface area (Å²) >= 11 is 4.63. The van der Waals surface area contributed by atoms with Crippen LogP contribution in [0.4, 0.5) is 0 Å². The van der Waals surface area contributed by atoms with Gasteiger partial charge >= 0.3 is 0 Å². The van der Waals surface area contributed by atoms with Crippen molar-refractivity contribution in [1.29, 1.82) is 5.26 Å². The zero-order valence-electron chi connectivity index (χ0n) is 14.7. The Balaban J connectivity index is 1.88. The first-order valence-corrected chi connectivity index (χ1v) is 8.81. The summed E-state index contributed by atoms with van der Waals surface area (Å²) in [5.74, 6) is 0.707. The van der Waals surface area contributed by atoms with Gasteiger partial charge in [0.05, 0.1) is 17.5 Å². The number of thiol groups is 1. The van der Waals surface area contributed by atoms with Gasteiger partial charge in [-0.25, -0.2) is 0 Å². The molecule has 0 N–H and O–H groups in total. The van der Waals surface area contributed by atoms with E-state index in [4.69, 9.17) is 9.47 Å². The first-order chi connectivity index (χ1) is 12.2. The number of ether oxygens (including phenoxy) is 2. The van der Waals surface area contributed by atoms with Crippen molar-refractivity contribution in [2.75, 3.05) is 13.8 Å². The minimum Gasteiger partial charge on any atom is -0.454 e. The standard InChI is InChI=1S/C18H19N3O4S/c1-10-15(22)21-14(11-4-5-12-13(6-11)25-9-24-12)17(2,8-19)7-18(21,26)16(23)20(10)3/h4-6,10,14,26H,7,9H2,1-3H3. The fourth-order valence-electron chi connectivity index (χ4n) is 4.21. The van der Waals surface area contributed by atoms with Gasteiger partial charge in [-0.3, -0.25) is 9.59 Å². The molecule has 1 aromatic rings. The lowest BCUT2D eigenvalue weighted by molar-refractivity contribution is -0.161. The normalized spacial score (nSPS) is 35.5. The van der Waals surface area contributed by atoms with Crippen LogP contribution in [-0.4, -0.2) is 46.4 Å². The second kappa shape index (κ2) is 5.30. The Labute approximate surface area is 156 Å². The van der Waals surface area contributed by atoms with Crippen molar-refractivity contribution in [2.24, 2.45) is 5.41 Å². The predicted molar refractivity (Wildman–Crippen MR) is 94.4 cm³/mol. The van der Waals surface area contributed by atoms with Crippen LogP contribution in [-0.2, 0) is 9.59 Å². The maximum absolute atomic E-state index is 13.1. The van der Waals surface area contributed by atoms with E-state index >= 15 is 0 Å². The summed E-state index contributed by atoms with van der Waals surface area (Å²) in [5, 5.41) is 9.91. The van der Waals surface area contributed by atoms with E-state index < -0.39 is 22.4 Å². The smallest absolute Gasteiger partial charge is 0.259 e. The molecular formula is C18H19N3O4S. The van der Waals surface area contributed by atoms with E-state index in [1.165, 1.54) is 9.80 Å². The van der Waals surface area contributed by atoms with Gasteiger partial charge in [0, 0.05) is 13.5 Å². The van der Waals surface area contributed by atoms with Crippen LogP contribution in [0.2, 0.25) is 0 Å². The molecule has 0 spiro atoms. The molecular weight excluding hydrogens is 354 g/mol. The Morgan fingerprint density at radius 3 is 2.69 bits per heavy atom. The van der Waals surface area contributed by atoms with Gasteiger partial charge in [0.2, 0.25) is 12.7 Å². The van der Waals surface area contributed by atoms with Crippen molar-refractivity contribution in [3.05, 3.63) is 23.8 Å². The highest BCUT2D eigenvalue weighted by Crippen LogP contribution is 2.58. The number of nitrogens with zero attached hydrogens (tertiary/aromatic N) is 3. The zero-order valence-corrected chi connectivity index (χ0v) is 15.6. The first kappa shape index (κ1) is 17.0. The van der Waals surface area contributed by atoms with Crippen molar-refractivity contribution in [1.82, 2.24) is 9.80 Å². The lowest BCUT2D eigenvalue weighted by Crippen LogP contribution is -2.65. The lowest BCUT2D eigenvalue weighted by atomic mass is 9.79. The summed E-state index contributed by atoms with van der Waals surface area (Å²) in [7, 11) is 1.60. The second-order valence-corrected chi connectivity index (χ2v) is 8.08. The molecule has 8 heteroatoms. The number of carbonyl (C=O) groups excluding carboxylic acids is 2. The number of hydrogen-bond acceptors (Lipinski definition) is 6. The molecule has 1 aromatic carbocycles. The number of likely N-dealkylation sites (N-methyl/N-ethyl adjacent to an activating group) is 1. The van der Waals surface area contributed by atoms with Gasteiger partial charge < -0.3 is 19.3 Å².